The van der Waals surface area contributed by atoms with Gasteiger partial charge in [0.15, 0.2) is 11.5 Å². The first-order chi connectivity index (χ1) is 16.0. The standard InChI is InChI=1S/C23H27N3O8/c1-23(2,3)34-22(31)24-11-7-12(8-11)33-17-10-14-13(9-16(17)32-4)20(29)26(21(14)30)15-5-6-18(27)25-19(15)28/h9-12,15H,5-8H2,1-4H3,(H,24,31)(H,25,27,28). The van der Waals surface area contributed by atoms with Gasteiger partial charge in [-0.25, -0.2) is 4.79 Å². The number of carbonyl (C=O) groups excluding carboxylic acids is 5. The molecule has 11 heteroatoms. The second-order valence-electron chi connectivity index (χ2n) is 9.55. The van der Waals surface area contributed by atoms with Crippen LogP contribution in [0.25, 0.3) is 0 Å². The van der Waals surface area contributed by atoms with Crippen LogP contribution >= 0.6 is 0 Å². The minimum atomic E-state index is -1.05. The van der Waals surface area contributed by atoms with Crippen LogP contribution in [0.5, 0.6) is 11.5 Å². The Kier molecular flexibility index (Phi) is 5.96. The molecule has 1 aliphatic carbocycles. The van der Waals surface area contributed by atoms with Gasteiger partial charge in [-0.05, 0) is 39.3 Å². The summed E-state index contributed by atoms with van der Waals surface area (Å²) in [4.78, 5) is 62.4. The Bertz CT molecular complexity index is 1070. The van der Waals surface area contributed by atoms with Gasteiger partial charge in [0, 0.05) is 25.3 Å². The van der Waals surface area contributed by atoms with Crippen LogP contribution in [-0.2, 0) is 14.3 Å². The number of alkyl carbamates (subject to hydrolysis) is 1. The highest BCUT2D eigenvalue weighted by atomic mass is 16.6. The Labute approximate surface area is 196 Å². The van der Waals surface area contributed by atoms with Gasteiger partial charge in [-0.15, -0.1) is 0 Å². The SMILES string of the molecule is COc1cc2c(cc1OC1CC(NC(=O)OC(C)(C)C)C1)C(=O)N(C1CCC(=O)NC1=O)C2=O. The fraction of sp³-hybridized carbons (Fsp3) is 0.522. The minimum absolute atomic E-state index is 0.0433. The first-order valence-corrected chi connectivity index (χ1v) is 11.1. The molecule has 1 unspecified atom stereocenters. The quantitative estimate of drug-likeness (QED) is 0.614. The number of hydrogen-bond acceptors (Lipinski definition) is 8. The number of piperidine rings is 1. The largest absolute Gasteiger partial charge is 0.493 e. The molecule has 1 atom stereocenters. The van der Waals surface area contributed by atoms with Gasteiger partial charge in [-0.3, -0.25) is 29.4 Å². The van der Waals surface area contributed by atoms with Gasteiger partial charge in [0.1, 0.15) is 17.7 Å². The van der Waals surface area contributed by atoms with Crippen LogP contribution in [0, 0.1) is 0 Å². The van der Waals surface area contributed by atoms with Gasteiger partial charge >= 0.3 is 6.09 Å². The number of benzene rings is 1. The third-order valence-corrected chi connectivity index (χ3v) is 5.83. The number of nitrogens with one attached hydrogen (secondary N) is 2. The van der Waals surface area contributed by atoms with Crippen molar-refractivity contribution in [3.8, 4) is 11.5 Å². The van der Waals surface area contributed by atoms with E-state index in [2.05, 4.69) is 10.6 Å². The second-order valence-corrected chi connectivity index (χ2v) is 9.55. The van der Waals surface area contributed by atoms with E-state index >= 15 is 0 Å². The molecular formula is C23H27N3O8. The summed E-state index contributed by atoms with van der Waals surface area (Å²) in [6.07, 6.45) is 0.463. The summed E-state index contributed by atoms with van der Waals surface area (Å²) < 4.78 is 16.6. The lowest BCUT2D eigenvalue weighted by Gasteiger charge is -2.36. The second kappa shape index (κ2) is 8.62. The molecule has 0 radical (unpaired) electrons. The van der Waals surface area contributed by atoms with Crippen molar-refractivity contribution in [2.24, 2.45) is 0 Å². The van der Waals surface area contributed by atoms with Crippen LogP contribution in [0.1, 0.15) is 67.2 Å². The number of ether oxygens (including phenoxy) is 3. The van der Waals surface area contributed by atoms with Crippen molar-refractivity contribution in [3.05, 3.63) is 23.3 Å². The van der Waals surface area contributed by atoms with Crippen molar-refractivity contribution >= 4 is 29.7 Å². The Morgan fingerprint density at radius 2 is 1.68 bits per heavy atom. The van der Waals surface area contributed by atoms with Crippen LogP contribution in [-0.4, -0.2) is 65.5 Å². The van der Waals surface area contributed by atoms with E-state index in [4.69, 9.17) is 14.2 Å². The molecule has 1 aromatic carbocycles. The zero-order valence-corrected chi connectivity index (χ0v) is 19.4. The van der Waals surface area contributed by atoms with E-state index in [0.29, 0.717) is 12.8 Å². The smallest absolute Gasteiger partial charge is 0.407 e. The van der Waals surface area contributed by atoms with Gasteiger partial charge in [0.25, 0.3) is 11.8 Å². The summed E-state index contributed by atoms with van der Waals surface area (Å²) in [5.74, 6) is -1.80. The molecule has 4 rings (SSSR count). The third kappa shape index (κ3) is 4.55. The zero-order chi connectivity index (χ0) is 24.8. The van der Waals surface area contributed by atoms with Gasteiger partial charge in [0.05, 0.1) is 18.2 Å². The lowest BCUT2D eigenvalue weighted by atomic mass is 9.89. The number of fused-ring (bicyclic) bond motifs is 1. The molecule has 3 aliphatic rings. The zero-order valence-electron chi connectivity index (χ0n) is 19.4. The van der Waals surface area contributed by atoms with Gasteiger partial charge in [0.2, 0.25) is 11.8 Å². The van der Waals surface area contributed by atoms with Crippen molar-refractivity contribution in [2.75, 3.05) is 7.11 Å². The van der Waals surface area contributed by atoms with Crippen molar-refractivity contribution < 1.29 is 38.2 Å². The van der Waals surface area contributed by atoms with Crippen molar-refractivity contribution in [1.82, 2.24) is 15.5 Å². The predicted molar refractivity (Wildman–Crippen MR) is 116 cm³/mol. The van der Waals surface area contributed by atoms with Gasteiger partial charge in [-0.2, -0.15) is 0 Å². The molecule has 0 spiro atoms. The summed E-state index contributed by atoms with van der Waals surface area (Å²) in [5.41, 5.74) is -0.377. The van der Waals surface area contributed by atoms with E-state index < -0.39 is 41.4 Å². The number of carbonyl (C=O) groups is 5. The monoisotopic (exact) mass is 473 g/mol. The number of hydrogen-bond donors (Lipinski definition) is 2. The molecule has 0 bridgehead atoms. The summed E-state index contributed by atoms with van der Waals surface area (Å²) in [5, 5.41) is 4.95. The molecule has 1 aromatic rings. The molecule has 2 heterocycles. The van der Waals surface area contributed by atoms with E-state index in [1.165, 1.54) is 19.2 Å². The number of nitrogens with zero attached hydrogens (tertiary/aromatic N) is 1. The summed E-state index contributed by atoms with van der Waals surface area (Å²) in [6.45, 7) is 5.35. The molecule has 2 aliphatic heterocycles. The molecule has 0 aromatic heterocycles. The van der Waals surface area contributed by atoms with Gasteiger partial charge < -0.3 is 19.5 Å². The number of rotatable bonds is 5. The highest BCUT2D eigenvalue weighted by molar-refractivity contribution is 6.23. The van der Waals surface area contributed by atoms with Crippen LogP contribution in [0.3, 0.4) is 0 Å². The number of amides is 5. The Hall–Kier alpha value is -3.63. The molecule has 182 valence electrons. The van der Waals surface area contributed by atoms with Crippen molar-refractivity contribution in [2.45, 2.75) is 70.2 Å². The number of methoxy groups -OCH3 is 1. The minimum Gasteiger partial charge on any atom is -0.493 e. The lowest BCUT2D eigenvalue weighted by molar-refractivity contribution is -0.136. The Balaban J connectivity index is 1.44. The highest BCUT2D eigenvalue weighted by Crippen LogP contribution is 2.39. The van der Waals surface area contributed by atoms with E-state index in [9.17, 15) is 24.0 Å². The molecule has 1 saturated carbocycles. The predicted octanol–water partition coefficient (Wildman–Crippen LogP) is 1.53. The maximum Gasteiger partial charge on any atom is 0.407 e. The maximum atomic E-state index is 13.0. The van der Waals surface area contributed by atoms with Crippen LogP contribution in [0.2, 0.25) is 0 Å². The molecule has 5 amide bonds. The third-order valence-electron chi connectivity index (χ3n) is 5.83. The van der Waals surface area contributed by atoms with E-state index in [0.717, 1.165) is 4.90 Å². The molecule has 2 N–H and O–H groups in total. The molecule has 2 fully saturated rings. The molecule has 1 saturated heterocycles. The fourth-order valence-electron chi connectivity index (χ4n) is 4.16. The molecule has 34 heavy (non-hydrogen) atoms. The summed E-state index contributed by atoms with van der Waals surface area (Å²) in [6, 6.07) is 1.71. The summed E-state index contributed by atoms with van der Waals surface area (Å²) >= 11 is 0. The maximum absolute atomic E-state index is 13.0. The number of imide groups is 2. The highest BCUT2D eigenvalue weighted by Gasteiger charge is 2.45. The normalized spacial score (nSPS) is 24.2. The molecular weight excluding hydrogens is 446 g/mol. The van der Waals surface area contributed by atoms with E-state index in [1.807, 2.05) is 0 Å². The first kappa shape index (κ1) is 23.5. The summed E-state index contributed by atoms with van der Waals surface area (Å²) in [7, 11) is 1.42. The van der Waals surface area contributed by atoms with Crippen LogP contribution in [0.15, 0.2) is 12.1 Å². The van der Waals surface area contributed by atoms with Crippen LogP contribution in [0.4, 0.5) is 4.79 Å². The van der Waals surface area contributed by atoms with Crippen LogP contribution < -0.4 is 20.1 Å². The van der Waals surface area contributed by atoms with Gasteiger partial charge in [-0.1, -0.05) is 0 Å². The molecule has 11 nitrogen and oxygen atoms in total. The lowest BCUT2D eigenvalue weighted by Crippen LogP contribution is -2.54. The Morgan fingerprint density at radius 3 is 2.24 bits per heavy atom. The van der Waals surface area contributed by atoms with E-state index in [-0.39, 0.29) is 47.6 Å². The van der Waals surface area contributed by atoms with Crippen molar-refractivity contribution in [1.29, 1.82) is 0 Å². The first-order valence-electron chi connectivity index (χ1n) is 11.1. The topological polar surface area (TPSA) is 140 Å². The average molecular weight is 473 g/mol. The average Bonchev–Trinajstić information content (AvgIpc) is 2.94. The van der Waals surface area contributed by atoms with E-state index in [1.54, 1.807) is 20.8 Å². The van der Waals surface area contributed by atoms with Crippen molar-refractivity contribution in [3.63, 3.8) is 0 Å². The fourth-order valence-corrected chi connectivity index (χ4v) is 4.16. The Morgan fingerprint density at radius 1 is 1.06 bits per heavy atom.